The highest BCUT2D eigenvalue weighted by Gasteiger charge is 2.34. The lowest BCUT2D eigenvalue weighted by molar-refractivity contribution is 0.0703. The molecule has 0 bridgehead atoms. The monoisotopic (exact) mass is 301 g/mol. The van der Waals surface area contributed by atoms with Crippen molar-refractivity contribution in [2.75, 3.05) is 6.54 Å². The molecule has 1 atom stereocenters. The molecule has 0 aliphatic carbocycles. The van der Waals surface area contributed by atoms with Crippen LogP contribution in [0.4, 0.5) is 0 Å². The van der Waals surface area contributed by atoms with Crippen LogP contribution in [0.15, 0.2) is 27.5 Å². The molecule has 2 aromatic rings. The Labute approximate surface area is 128 Å². The quantitative estimate of drug-likeness (QED) is 0.850. The molecule has 1 aliphatic heterocycles. The van der Waals surface area contributed by atoms with Crippen molar-refractivity contribution in [1.29, 1.82) is 0 Å². The van der Waals surface area contributed by atoms with Gasteiger partial charge in [-0.25, -0.2) is 0 Å². The van der Waals surface area contributed by atoms with Gasteiger partial charge in [0.25, 0.3) is 5.91 Å². The molecular weight excluding hydrogens is 282 g/mol. The van der Waals surface area contributed by atoms with Gasteiger partial charge in [0.2, 0.25) is 0 Å². The van der Waals surface area contributed by atoms with Gasteiger partial charge >= 0.3 is 0 Å². The summed E-state index contributed by atoms with van der Waals surface area (Å²) < 4.78 is 7.08. The Morgan fingerprint density at radius 2 is 2.09 bits per heavy atom. The third-order valence-corrected chi connectivity index (χ3v) is 4.23. The Morgan fingerprint density at radius 3 is 2.77 bits per heavy atom. The van der Waals surface area contributed by atoms with Crippen LogP contribution < -0.4 is 5.43 Å². The average molecular weight is 301 g/mol. The highest BCUT2D eigenvalue weighted by molar-refractivity contribution is 5.93. The van der Waals surface area contributed by atoms with Gasteiger partial charge < -0.3 is 14.0 Å². The van der Waals surface area contributed by atoms with E-state index in [-0.39, 0.29) is 17.4 Å². The summed E-state index contributed by atoms with van der Waals surface area (Å²) in [4.78, 5) is 26.4. The molecule has 6 heteroatoms. The number of pyridine rings is 1. The van der Waals surface area contributed by atoms with E-state index in [0.29, 0.717) is 18.0 Å². The van der Waals surface area contributed by atoms with Crippen LogP contribution in [0, 0.1) is 13.8 Å². The average Bonchev–Trinajstić information content (AvgIpc) is 3.10. The highest BCUT2D eigenvalue weighted by atomic mass is 16.5. The molecule has 1 amide bonds. The van der Waals surface area contributed by atoms with E-state index in [4.69, 9.17) is 4.52 Å². The maximum atomic E-state index is 12.9. The summed E-state index contributed by atoms with van der Waals surface area (Å²) in [6.07, 6.45) is 1.76. The van der Waals surface area contributed by atoms with Gasteiger partial charge in [-0.3, -0.25) is 9.59 Å². The van der Waals surface area contributed by atoms with Crippen LogP contribution >= 0.6 is 0 Å². The van der Waals surface area contributed by atoms with Crippen LogP contribution in [-0.4, -0.2) is 27.1 Å². The van der Waals surface area contributed by atoms with Gasteiger partial charge in [0.15, 0.2) is 11.2 Å². The molecule has 6 nitrogen and oxygen atoms in total. The predicted molar refractivity (Wildman–Crippen MR) is 80.7 cm³/mol. The van der Waals surface area contributed by atoms with Gasteiger partial charge in [0.1, 0.15) is 5.69 Å². The van der Waals surface area contributed by atoms with Crippen LogP contribution in [0.25, 0.3) is 0 Å². The van der Waals surface area contributed by atoms with E-state index in [1.165, 1.54) is 12.1 Å². The summed E-state index contributed by atoms with van der Waals surface area (Å²) >= 11 is 0. The minimum absolute atomic E-state index is 0.107. The van der Waals surface area contributed by atoms with Crippen LogP contribution in [0.2, 0.25) is 0 Å². The standard InChI is InChI=1S/C16H19N3O3/c1-10-7-15(22-17-10)13-5-4-6-19(13)16(21)14-9-12(20)8-11(2)18(14)3/h7-9,13H,4-6H2,1-3H3/t13-/m0/s1. The third-order valence-electron chi connectivity index (χ3n) is 4.23. The molecule has 0 spiro atoms. The summed E-state index contributed by atoms with van der Waals surface area (Å²) in [6, 6.07) is 4.68. The smallest absolute Gasteiger partial charge is 0.271 e. The minimum Gasteiger partial charge on any atom is -0.359 e. The first-order valence-corrected chi connectivity index (χ1v) is 7.39. The Hall–Kier alpha value is -2.37. The van der Waals surface area contributed by atoms with Gasteiger partial charge in [0.05, 0.1) is 11.7 Å². The Morgan fingerprint density at radius 1 is 1.32 bits per heavy atom. The number of hydrogen-bond donors (Lipinski definition) is 0. The van der Waals surface area contributed by atoms with Crippen molar-refractivity contribution in [1.82, 2.24) is 14.6 Å². The Bertz CT molecular complexity index is 775. The fraction of sp³-hybridized carbons (Fsp3) is 0.438. The first-order valence-electron chi connectivity index (χ1n) is 7.39. The number of nitrogens with zero attached hydrogens (tertiary/aromatic N) is 3. The molecule has 0 unspecified atom stereocenters. The molecule has 3 heterocycles. The van der Waals surface area contributed by atoms with E-state index in [1.54, 1.807) is 16.5 Å². The first kappa shape index (κ1) is 14.6. The second kappa shape index (κ2) is 5.44. The minimum atomic E-state index is -0.148. The van der Waals surface area contributed by atoms with Crippen molar-refractivity contribution >= 4 is 5.91 Å². The molecule has 0 N–H and O–H groups in total. The van der Waals surface area contributed by atoms with Gasteiger partial charge in [-0.2, -0.15) is 0 Å². The lowest BCUT2D eigenvalue weighted by Gasteiger charge is -2.24. The largest absolute Gasteiger partial charge is 0.359 e. The molecule has 22 heavy (non-hydrogen) atoms. The number of carbonyl (C=O) groups is 1. The van der Waals surface area contributed by atoms with E-state index < -0.39 is 0 Å². The lowest BCUT2D eigenvalue weighted by Crippen LogP contribution is -2.33. The second-order valence-electron chi connectivity index (χ2n) is 5.80. The normalized spacial score (nSPS) is 18.0. The van der Waals surface area contributed by atoms with Crippen LogP contribution in [0.1, 0.15) is 46.5 Å². The van der Waals surface area contributed by atoms with E-state index in [0.717, 1.165) is 24.2 Å². The molecule has 116 valence electrons. The molecule has 3 rings (SSSR count). The molecule has 0 radical (unpaired) electrons. The van der Waals surface area contributed by atoms with Crippen molar-refractivity contribution in [2.24, 2.45) is 7.05 Å². The van der Waals surface area contributed by atoms with E-state index in [1.807, 2.05) is 19.9 Å². The summed E-state index contributed by atoms with van der Waals surface area (Å²) in [5.74, 6) is 0.570. The number of hydrogen-bond acceptors (Lipinski definition) is 4. The maximum absolute atomic E-state index is 12.9. The zero-order valence-electron chi connectivity index (χ0n) is 13.0. The zero-order valence-corrected chi connectivity index (χ0v) is 13.0. The van der Waals surface area contributed by atoms with E-state index >= 15 is 0 Å². The number of rotatable bonds is 2. The molecular formula is C16H19N3O3. The summed E-state index contributed by atoms with van der Waals surface area (Å²) in [5, 5.41) is 3.91. The van der Waals surface area contributed by atoms with Gasteiger partial charge in [-0.1, -0.05) is 5.16 Å². The fourth-order valence-electron chi connectivity index (χ4n) is 2.96. The van der Waals surface area contributed by atoms with E-state index in [2.05, 4.69) is 5.16 Å². The molecule has 2 aromatic heterocycles. The molecule has 0 saturated carbocycles. The zero-order chi connectivity index (χ0) is 15.9. The number of aromatic nitrogens is 2. The van der Waals surface area contributed by atoms with Crippen molar-refractivity contribution in [3.05, 3.63) is 51.3 Å². The van der Waals surface area contributed by atoms with Gasteiger partial charge in [0, 0.05) is 37.5 Å². The van der Waals surface area contributed by atoms with Gasteiger partial charge in [-0.05, 0) is 26.7 Å². The predicted octanol–water partition coefficient (Wildman–Crippen LogP) is 1.97. The van der Waals surface area contributed by atoms with Crippen LogP contribution in [-0.2, 0) is 7.05 Å². The summed E-state index contributed by atoms with van der Waals surface area (Å²) in [6.45, 7) is 4.34. The number of aryl methyl sites for hydroxylation is 2. The number of carbonyl (C=O) groups excluding carboxylic acids is 1. The van der Waals surface area contributed by atoms with Crippen molar-refractivity contribution in [3.8, 4) is 0 Å². The van der Waals surface area contributed by atoms with E-state index in [9.17, 15) is 9.59 Å². The Balaban J connectivity index is 1.96. The maximum Gasteiger partial charge on any atom is 0.271 e. The third kappa shape index (κ3) is 2.45. The van der Waals surface area contributed by atoms with Gasteiger partial charge in [-0.15, -0.1) is 0 Å². The fourth-order valence-corrected chi connectivity index (χ4v) is 2.96. The lowest BCUT2D eigenvalue weighted by atomic mass is 10.1. The number of likely N-dealkylation sites (tertiary alicyclic amines) is 1. The second-order valence-corrected chi connectivity index (χ2v) is 5.80. The molecule has 1 aliphatic rings. The SMILES string of the molecule is Cc1cc([C@@H]2CCCN2C(=O)c2cc(=O)cc(C)n2C)on1. The number of amides is 1. The van der Waals surface area contributed by atoms with Crippen LogP contribution in [0.5, 0.6) is 0 Å². The van der Waals surface area contributed by atoms with Crippen molar-refractivity contribution in [3.63, 3.8) is 0 Å². The molecule has 0 aromatic carbocycles. The van der Waals surface area contributed by atoms with Crippen molar-refractivity contribution < 1.29 is 9.32 Å². The topological polar surface area (TPSA) is 68.3 Å². The molecule has 1 saturated heterocycles. The summed E-state index contributed by atoms with van der Waals surface area (Å²) in [7, 11) is 1.80. The first-order chi connectivity index (χ1) is 10.5. The van der Waals surface area contributed by atoms with Crippen LogP contribution in [0.3, 0.4) is 0 Å². The van der Waals surface area contributed by atoms with Crippen molar-refractivity contribution in [2.45, 2.75) is 32.7 Å². The Kier molecular flexibility index (Phi) is 3.60. The summed E-state index contributed by atoms with van der Waals surface area (Å²) in [5.41, 5.74) is 1.83. The molecule has 1 fully saturated rings. The highest BCUT2D eigenvalue weighted by Crippen LogP contribution is 2.33.